The van der Waals surface area contributed by atoms with Crippen molar-refractivity contribution in [3.05, 3.63) is 11.3 Å². The van der Waals surface area contributed by atoms with Crippen molar-refractivity contribution in [2.75, 3.05) is 6.54 Å². The Bertz CT molecular complexity index is 195. The number of hydrogen-bond donors (Lipinski definition) is 2. The predicted octanol–water partition coefficient (Wildman–Crippen LogP) is 1.61. The van der Waals surface area contributed by atoms with Crippen LogP contribution in [-0.4, -0.2) is 17.6 Å². The molecule has 0 spiro atoms. The third-order valence-corrected chi connectivity index (χ3v) is 1.61. The minimum atomic E-state index is -0.191. The maximum atomic E-state index is 11.2. The number of carbonyl (C=O) groups excluding carboxylic acids is 1. The number of carbonyl (C=O) groups is 1. The number of allylic oxidation sites excluding steroid dienone is 1. The second-order valence-electron chi connectivity index (χ2n) is 3.02. The summed E-state index contributed by atoms with van der Waals surface area (Å²) >= 11 is 0. The van der Waals surface area contributed by atoms with E-state index in [-0.39, 0.29) is 17.6 Å². The molecule has 2 N–H and O–H groups in total. The van der Waals surface area contributed by atoms with Crippen LogP contribution in [0.5, 0.6) is 0 Å². The Morgan fingerprint density at radius 1 is 1.50 bits per heavy atom. The highest BCUT2D eigenvalue weighted by atomic mass is 16.3. The maximum Gasteiger partial charge on any atom is 0.250 e. The molecule has 0 unspecified atom stereocenters. The summed E-state index contributed by atoms with van der Waals surface area (Å²) in [4.78, 5) is 11.2. The Balaban J connectivity index is 4.43. The van der Waals surface area contributed by atoms with Crippen molar-refractivity contribution in [1.82, 2.24) is 5.32 Å². The molecule has 0 aliphatic rings. The highest BCUT2D eigenvalue weighted by Gasteiger charge is 2.11. The molecule has 3 heteroatoms. The first-order valence-corrected chi connectivity index (χ1v) is 4.18. The minimum Gasteiger partial charge on any atom is -0.512 e. The molecule has 0 heterocycles. The Labute approximate surface area is 73.5 Å². The molecule has 0 atom stereocenters. The van der Waals surface area contributed by atoms with E-state index in [1.807, 2.05) is 20.8 Å². The molecule has 0 radical (unpaired) electrons. The van der Waals surface area contributed by atoms with Gasteiger partial charge in [-0.25, -0.2) is 0 Å². The van der Waals surface area contributed by atoms with Gasteiger partial charge in [0.2, 0.25) is 5.91 Å². The van der Waals surface area contributed by atoms with Gasteiger partial charge in [0.1, 0.15) is 5.76 Å². The molecule has 70 valence electrons. The molecule has 1 amide bonds. The quantitative estimate of drug-likeness (QED) is 0.500. The molecule has 0 aromatic carbocycles. The lowest BCUT2D eigenvalue weighted by molar-refractivity contribution is -0.117. The van der Waals surface area contributed by atoms with E-state index < -0.39 is 0 Å². The van der Waals surface area contributed by atoms with Crippen LogP contribution < -0.4 is 5.32 Å². The average molecular weight is 171 g/mol. The van der Waals surface area contributed by atoms with Crippen molar-refractivity contribution in [3.8, 4) is 0 Å². The lowest BCUT2D eigenvalue weighted by Gasteiger charge is -2.08. The second-order valence-corrected chi connectivity index (χ2v) is 3.02. The smallest absolute Gasteiger partial charge is 0.250 e. The molecule has 0 fully saturated rings. The van der Waals surface area contributed by atoms with Crippen LogP contribution in [-0.2, 0) is 4.79 Å². The molecule has 0 aliphatic carbocycles. The Morgan fingerprint density at radius 3 is 2.33 bits per heavy atom. The number of hydrogen-bond acceptors (Lipinski definition) is 2. The van der Waals surface area contributed by atoms with Gasteiger partial charge in [-0.15, -0.1) is 0 Å². The van der Waals surface area contributed by atoms with Crippen LogP contribution in [0.2, 0.25) is 0 Å². The predicted molar refractivity (Wildman–Crippen MR) is 48.9 cm³/mol. The van der Waals surface area contributed by atoms with Gasteiger partial charge in [-0.1, -0.05) is 13.8 Å². The zero-order valence-corrected chi connectivity index (χ0v) is 8.14. The summed E-state index contributed by atoms with van der Waals surface area (Å²) in [7, 11) is 0. The van der Waals surface area contributed by atoms with Crippen LogP contribution in [0.15, 0.2) is 11.3 Å². The van der Waals surface area contributed by atoms with E-state index in [1.54, 1.807) is 6.92 Å². The summed E-state index contributed by atoms with van der Waals surface area (Å²) in [5, 5.41) is 12.0. The van der Waals surface area contributed by atoms with Crippen LogP contribution in [0.1, 0.15) is 27.7 Å². The van der Waals surface area contributed by atoms with E-state index in [4.69, 9.17) is 0 Å². The molecular weight excluding hydrogens is 154 g/mol. The van der Waals surface area contributed by atoms with Crippen LogP contribution in [0.25, 0.3) is 0 Å². The molecule has 0 aliphatic heterocycles. The highest BCUT2D eigenvalue weighted by Crippen LogP contribution is 2.10. The van der Waals surface area contributed by atoms with Crippen molar-refractivity contribution < 1.29 is 9.90 Å². The van der Waals surface area contributed by atoms with E-state index in [2.05, 4.69) is 5.32 Å². The molecule has 0 aromatic rings. The first kappa shape index (κ1) is 11.0. The molecule has 0 rings (SSSR count). The van der Waals surface area contributed by atoms with E-state index in [0.29, 0.717) is 12.1 Å². The van der Waals surface area contributed by atoms with Gasteiger partial charge in [0.25, 0.3) is 0 Å². The van der Waals surface area contributed by atoms with Crippen LogP contribution in [0.3, 0.4) is 0 Å². The van der Waals surface area contributed by atoms with Gasteiger partial charge in [-0.3, -0.25) is 4.79 Å². The van der Waals surface area contributed by atoms with Crippen LogP contribution in [0, 0.1) is 5.92 Å². The zero-order chi connectivity index (χ0) is 9.72. The fourth-order valence-electron chi connectivity index (χ4n) is 0.842. The zero-order valence-electron chi connectivity index (χ0n) is 8.14. The fraction of sp³-hybridized carbons (Fsp3) is 0.667. The summed E-state index contributed by atoms with van der Waals surface area (Å²) < 4.78 is 0. The van der Waals surface area contributed by atoms with Crippen molar-refractivity contribution >= 4 is 5.91 Å². The SMILES string of the molecule is CCNC(=O)C(C)=C(O)C(C)C. The number of amides is 1. The maximum absolute atomic E-state index is 11.2. The number of nitrogens with one attached hydrogen (secondary N) is 1. The largest absolute Gasteiger partial charge is 0.512 e. The minimum absolute atomic E-state index is 0.00704. The lowest BCUT2D eigenvalue weighted by atomic mass is 10.1. The molecule has 0 saturated carbocycles. The van der Waals surface area contributed by atoms with Crippen molar-refractivity contribution in [2.24, 2.45) is 5.92 Å². The van der Waals surface area contributed by atoms with Gasteiger partial charge >= 0.3 is 0 Å². The van der Waals surface area contributed by atoms with Crippen LogP contribution in [0.4, 0.5) is 0 Å². The Hall–Kier alpha value is -0.990. The fourth-order valence-corrected chi connectivity index (χ4v) is 0.842. The number of likely N-dealkylation sites (N-methyl/N-ethyl adjacent to an activating group) is 1. The second kappa shape index (κ2) is 4.80. The van der Waals surface area contributed by atoms with E-state index in [1.165, 1.54) is 0 Å². The van der Waals surface area contributed by atoms with Gasteiger partial charge in [-0.05, 0) is 13.8 Å². The third kappa shape index (κ3) is 2.95. The summed E-state index contributed by atoms with van der Waals surface area (Å²) in [6, 6.07) is 0. The number of aliphatic hydroxyl groups is 1. The monoisotopic (exact) mass is 171 g/mol. The molecule has 0 aromatic heterocycles. The molecule has 12 heavy (non-hydrogen) atoms. The van der Waals surface area contributed by atoms with Gasteiger partial charge in [-0.2, -0.15) is 0 Å². The van der Waals surface area contributed by atoms with Gasteiger partial charge < -0.3 is 10.4 Å². The summed E-state index contributed by atoms with van der Waals surface area (Å²) in [6.45, 7) is 7.75. The first-order valence-electron chi connectivity index (χ1n) is 4.18. The van der Waals surface area contributed by atoms with Crippen molar-refractivity contribution in [3.63, 3.8) is 0 Å². The van der Waals surface area contributed by atoms with Gasteiger partial charge in [0, 0.05) is 12.5 Å². The molecule has 0 saturated heterocycles. The summed E-state index contributed by atoms with van der Waals surface area (Å²) in [6.07, 6.45) is 0. The lowest BCUT2D eigenvalue weighted by Crippen LogP contribution is -2.24. The third-order valence-electron chi connectivity index (χ3n) is 1.61. The van der Waals surface area contributed by atoms with E-state index in [0.717, 1.165) is 0 Å². The molecule has 3 nitrogen and oxygen atoms in total. The van der Waals surface area contributed by atoms with Crippen molar-refractivity contribution in [1.29, 1.82) is 0 Å². The summed E-state index contributed by atoms with van der Waals surface area (Å²) in [5.74, 6) is -0.0164. The topological polar surface area (TPSA) is 49.3 Å². The van der Waals surface area contributed by atoms with E-state index >= 15 is 0 Å². The van der Waals surface area contributed by atoms with E-state index in [9.17, 15) is 9.90 Å². The highest BCUT2D eigenvalue weighted by molar-refractivity contribution is 5.93. The normalized spacial score (nSPS) is 12.8. The Kier molecular flexibility index (Phi) is 4.40. The molecular formula is C9H17NO2. The standard InChI is InChI=1S/C9H17NO2/c1-5-10-9(12)7(4)8(11)6(2)3/h6,11H,5H2,1-4H3,(H,10,12). The average Bonchev–Trinajstić information content (AvgIpc) is 2.02. The molecule has 0 bridgehead atoms. The van der Waals surface area contributed by atoms with Crippen molar-refractivity contribution in [2.45, 2.75) is 27.7 Å². The Morgan fingerprint density at radius 2 is 2.00 bits per heavy atom. The van der Waals surface area contributed by atoms with Gasteiger partial charge in [0.15, 0.2) is 0 Å². The summed E-state index contributed by atoms with van der Waals surface area (Å²) in [5.41, 5.74) is 0.409. The first-order chi connectivity index (χ1) is 5.50. The van der Waals surface area contributed by atoms with Gasteiger partial charge in [0.05, 0.1) is 5.57 Å². The number of aliphatic hydroxyl groups excluding tert-OH is 1. The number of rotatable bonds is 3. The van der Waals surface area contributed by atoms with Crippen LogP contribution >= 0.6 is 0 Å².